The van der Waals surface area contributed by atoms with Gasteiger partial charge in [0.1, 0.15) is 0 Å². The van der Waals surface area contributed by atoms with E-state index in [4.69, 9.17) is 0 Å². The molecule has 0 amide bonds. The molecule has 1 aromatic carbocycles. The summed E-state index contributed by atoms with van der Waals surface area (Å²) in [5.74, 6) is 0. The highest BCUT2D eigenvalue weighted by atomic mass is 32.2. The van der Waals surface area contributed by atoms with E-state index >= 15 is 0 Å². The molecule has 2 rings (SSSR count). The molecule has 0 fully saturated rings. The van der Waals surface area contributed by atoms with Crippen LogP contribution in [0.1, 0.15) is 24.1 Å². The van der Waals surface area contributed by atoms with Crippen molar-refractivity contribution in [2.45, 2.75) is 24.4 Å². The van der Waals surface area contributed by atoms with Crippen molar-refractivity contribution in [2.75, 3.05) is 14.1 Å². The zero-order valence-corrected chi connectivity index (χ0v) is 13.8. The Kier molecular flexibility index (Phi) is 5.28. The first kappa shape index (κ1) is 16.6. The molecule has 1 unspecified atom stereocenters. The van der Waals surface area contributed by atoms with Crippen molar-refractivity contribution in [3.63, 3.8) is 0 Å². The normalized spacial score (nSPS) is 13.3. The Hall–Kier alpha value is -1.76. The first-order valence-corrected chi connectivity index (χ1v) is 8.50. The lowest BCUT2D eigenvalue weighted by molar-refractivity contribution is 0.520. The van der Waals surface area contributed by atoms with Gasteiger partial charge in [-0.1, -0.05) is 18.2 Å². The maximum Gasteiger partial charge on any atom is 0.242 e. The van der Waals surface area contributed by atoms with E-state index in [1.165, 1.54) is 18.4 Å². The molecular formula is C16H21N3O2S. The van der Waals surface area contributed by atoms with Crippen LogP contribution in [0.25, 0.3) is 0 Å². The van der Waals surface area contributed by atoms with E-state index < -0.39 is 10.0 Å². The van der Waals surface area contributed by atoms with Gasteiger partial charge in [0, 0.05) is 39.1 Å². The predicted molar refractivity (Wildman–Crippen MR) is 86.8 cm³/mol. The van der Waals surface area contributed by atoms with E-state index in [1.54, 1.807) is 18.3 Å². The lowest BCUT2D eigenvalue weighted by atomic mass is 10.1. The summed E-state index contributed by atoms with van der Waals surface area (Å²) in [6.07, 6.45) is 3.57. The minimum Gasteiger partial charge on any atom is -0.306 e. The van der Waals surface area contributed by atoms with E-state index in [0.717, 1.165) is 11.1 Å². The van der Waals surface area contributed by atoms with E-state index in [0.29, 0.717) is 11.4 Å². The molecule has 0 aliphatic carbocycles. The van der Waals surface area contributed by atoms with Gasteiger partial charge in [0.05, 0.1) is 4.90 Å². The molecule has 0 aliphatic heterocycles. The minimum absolute atomic E-state index is 0.122. The second kappa shape index (κ2) is 7.00. The maximum atomic E-state index is 12.0. The third-order valence-corrected chi connectivity index (χ3v) is 5.32. The van der Waals surface area contributed by atoms with E-state index in [2.05, 4.69) is 10.3 Å². The summed E-state index contributed by atoms with van der Waals surface area (Å²) in [5, 5.41) is 3.40. The molecule has 2 aromatic rings. The summed E-state index contributed by atoms with van der Waals surface area (Å²) in [4.78, 5) is 4.39. The molecule has 22 heavy (non-hydrogen) atoms. The maximum absolute atomic E-state index is 12.0. The van der Waals surface area contributed by atoms with Crippen LogP contribution in [0.2, 0.25) is 0 Å². The fourth-order valence-electron chi connectivity index (χ4n) is 2.03. The number of nitrogens with zero attached hydrogens (tertiary/aromatic N) is 2. The quantitative estimate of drug-likeness (QED) is 0.886. The second-order valence-electron chi connectivity index (χ2n) is 5.32. The summed E-state index contributed by atoms with van der Waals surface area (Å²) in [5.41, 5.74) is 2.16. The van der Waals surface area contributed by atoms with Crippen LogP contribution in [0.4, 0.5) is 0 Å². The number of hydrogen-bond donors (Lipinski definition) is 1. The van der Waals surface area contributed by atoms with Crippen molar-refractivity contribution in [3.8, 4) is 0 Å². The van der Waals surface area contributed by atoms with Gasteiger partial charge >= 0.3 is 0 Å². The van der Waals surface area contributed by atoms with Crippen LogP contribution >= 0.6 is 0 Å². The van der Waals surface area contributed by atoms with Crippen LogP contribution in [-0.4, -0.2) is 31.8 Å². The number of benzene rings is 1. The predicted octanol–water partition coefficient (Wildman–Crippen LogP) is 2.18. The molecule has 0 saturated heterocycles. The zero-order chi connectivity index (χ0) is 16.2. The van der Waals surface area contributed by atoms with E-state index in [9.17, 15) is 8.42 Å². The third kappa shape index (κ3) is 3.91. The highest BCUT2D eigenvalue weighted by Gasteiger charge is 2.17. The Morgan fingerprint density at radius 1 is 1.18 bits per heavy atom. The van der Waals surface area contributed by atoms with Gasteiger partial charge in [-0.05, 0) is 36.2 Å². The van der Waals surface area contributed by atoms with Crippen molar-refractivity contribution in [3.05, 3.63) is 59.9 Å². The number of aromatic nitrogens is 1. The highest BCUT2D eigenvalue weighted by molar-refractivity contribution is 7.89. The summed E-state index contributed by atoms with van der Waals surface area (Å²) < 4.78 is 25.3. The van der Waals surface area contributed by atoms with Crippen LogP contribution < -0.4 is 5.32 Å². The number of rotatable bonds is 6. The van der Waals surface area contributed by atoms with Crippen LogP contribution in [0.15, 0.2) is 53.7 Å². The summed E-state index contributed by atoms with van der Waals surface area (Å²) >= 11 is 0. The van der Waals surface area contributed by atoms with Crippen LogP contribution in [0.3, 0.4) is 0 Å². The fourth-order valence-corrected chi connectivity index (χ4v) is 2.93. The molecule has 1 aromatic heterocycles. The van der Waals surface area contributed by atoms with E-state index in [-0.39, 0.29) is 6.04 Å². The number of hydrogen-bond acceptors (Lipinski definition) is 4. The molecule has 0 aliphatic rings. The molecule has 0 saturated carbocycles. The molecular weight excluding hydrogens is 298 g/mol. The van der Waals surface area contributed by atoms with Crippen LogP contribution in [-0.2, 0) is 16.6 Å². The Balaban J connectivity index is 2.04. The van der Waals surface area contributed by atoms with E-state index in [1.807, 2.05) is 37.4 Å². The Labute approximate surface area is 132 Å². The molecule has 1 N–H and O–H groups in total. The molecule has 1 heterocycles. The second-order valence-corrected chi connectivity index (χ2v) is 7.47. The SMILES string of the molecule is CC(NCc1cccnc1)c1ccc(S(=O)(=O)N(C)C)cc1. The van der Waals surface area contributed by atoms with Gasteiger partial charge in [-0.15, -0.1) is 0 Å². The molecule has 0 spiro atoms. The summed E-state index contributed by atoms with van der Waals surface area (Å²) in [7, 11) is -0.312. The summed E-state index contributed by atoms with van der Waals surface area (Å²) in [6.45, 7) is 2.76. The Morgan fingerprint density at radius 3 is 2.41 bits per heavy atom. The molecule has 118 valence electrons. The molecule has 0 bridgehead atoms. The smallest absolute Gasteiger partial charge is 0.242 e. The summed E-state index contributed by atoms with van der Waals surface area (Å²) in [6, 6.07) is 11.0. The first-order valence-electron chi connectivity index (χ1n) is 7.06. The number of pyridine rings is 1. The number of sulfonamides is 1. The monoisotopic (exact) mass is 319 g/mol. The molecule has 5 nitrogen and oxygen atoms in total. The number of nitrogens with one attached hydrogen (secondary N) is 1. The topological polar surface area (TPSA) is 62.3 Å². The van der Waals surface area contributed by atoms with Gasteiger partial charge in [0.15, 0.2) is 0 Å². The van der Waals surface area contributed by atoms with Gasteiger partial charge in [0.25, 0.3) is 0 Å². The van der Waals surface area contributed by atoms with Crippen molar-refractivity contribution in [1.82, 2.24) is 14.6 Å². The zero-order valence-electron chi connectivity index (χ0n) is 13.0. The van der Waals surface area contributed by atoms with Gasteiger partial charge in [0.2, 0.25) is 10.0 Å². The largest absolute Gasteiger partial charge is 0.306 e. The third-order valence-electron chi connectivity index (χ3n) is 3.49. The molecule has 0 radical (unpaired) electrons. The van der Waals surface area contributed by atoms with Crippen molar-refractivity contribution < 1.29 is 8.42 Å². The molecule has 6 heteroatoms. The van der Waals surface area contributed by atoms with Gasteiger partial charge in [-0.3, -0.25) is 4.98 Å². The van der Waals surface area contributed by atoms with Gasteiger partial charge in [-0.2, -0.15) is 0 Å². The first-order chi connectivity index (χ1) is 10.4. The Bertz CT molecular complexity index is 698. The highest BCUT2D eigenvalue weighted by Crippen LogP contribution is 2.18. The lowest BCUT2D eigenvalue weighted by Crippen LogP contribution is -2.22. The minimum atomic E-state index is -3.37. The van der Waals surface area contributed by atoms with Crippen LogP contribution in [0.5, 0.6) is 0 Å². The van der Waals surface area contributed by atoms with Crippen molar-refractivity contribution in [2.24, 2.45) is 0 Å². The van der Waals surface area contributed by atoms with Crippen molar-refractivity contribution in [1.29, 1.82) is 0 Å². The van der Waals surface area contributed by atoms with Gasteiger partial charge in [-0.25, -0.2) is 12.7 Å². The average Bonchev–Trinajstić information content (AvgIpc) is 2.53. The fraction of sp³-hybridized carbons (Fsp3) is 0.312. The van der Waals surface area contributed by atoms with Crippen LogP contribution in [0, 0.1) is 0 Å². The van der Waals surface area contributed by atoms with Crippen molar-refractivity contribution >= 4 is 10.0 Å². The lowest BCUT2D eigenvalue weighted by Gasteiger charge is -2.16. The molecule has 1 atom stereocenters. The van der Waals surface area contributed by atoms with Gasteiger partial charge < -0.3 is 5.32 Å². The average molecular weight is 319 g/mol. The Morgan fingerprint density at radius 2 is 1.86 bits per heavy atom. The standard InChI is InChI=1S/C16H21N3O2S/c1-13(18-12-14-5-4-10-17-11-14)15-6-8-16(9-7-15)22(20,21)19(2)3/h4-11,13,18H,12H2,1-3H3.